The first-order valence-corrected chi connectivity index (χ1v) is 5.08. The van der Waals surface area contributed by atoms with E-state index >= 15 is 0 Å². The fourth-order valence-electron chi connectivity index (χ4n) is 1.62. The fourth-order valence-corrected chi connectivity index (χ4v) is 1.62. The summed E-state index contributed by atoms with van der Waals surface area (Å²) in [5.41, 5.74) is 0. The van der Waals surface area contributed by atoms with E-state index in [1.165, 1.54) is 12.8 Å². The van der Waals surface area contributed by atoms with Crippen LogP contribution in [0.25, 0.3) is 0 Å². The highest BCUT2D eigenvalue weighted by atomic mass is 16.5. The molecule has 5 nitrogen and oxygen atoms in total. The molecule has 1 aliphatic carbocycles. The van der Waals surface area contributed by atoms with Gasteiger partial charge in [0.25, 0.3) is 0 Å². The topological polar surface area (TPSA) is 60.2 Å². The molecule has 1 saturated carbocycles. The van der Waals surface area contributed by atoms with Crippen molar-refractivity contribution in [2.75, 3.05) is 19.8 Å². The maximum absolute atomic E-state index is 5.33. The SMILES string of the molecule is C1COCC(c2nc(C3CC3)no2)N1. The van der Waals surface area contributed by atoms with Crippen molar-refractivity contribution in [1.82, 2.24) is 15.5 Å². The lowest BCUT2D eigenvalue weighted by Crippen LogP contribution is -2.34. The van der Waals surface area contributed by atoms with Gasteiger partial charge in [0.1, 0.15) is 6.04 Å². The molecule has 5 heteroatoms. The van der Waals surface area contributed by atoms with Crippen LogP contribution in [0.1, 0.15) is 36.5 Å². The summed E-state index contributed by atoms with van der Waals surface area (Å²) >= 11 is 0. The lowest BCUT2D eigenvalue weighted by Gasteiger charge is -2.20. The molecule has 1 saturated heterocycles. The summed E-state index contributed by atoms with van der Waals surface area (Å²) in [6.45, 7) is 2.25. The molecular weight excluding hydrogens is 182 g/mol. The zero-order chi connectivity index (χ0) is 9.38. The molecule has 14 heavy (non-hydrogen) atoms. The smallest absolute Gasteiger partial charge is 0.246 e. The first-order valence-electron chi connectivity index (χ1n) is 5.08. The van der Waals surface area contributed by atoms with E-state index in [1.54, 1.807) is 0 Å². The van der Waals surface area contributed by atoms with Crippen molar-refractivity contribution in [3.8, 4) is 0 Å². The van der Waals surface area contributed by atoms with Crippen molar-refractivity contribution in [1.29, 1.82) is 0 Å². The van der Waals surface area contributed by atoms with Crippen molar-refractivity contribution >= 4 is 0 Å². The minimum atomic E-state index is 0.0868. The number of rotatable bonds is 2. The van der Waals surface area contributed by atoms with Crippen LogP contribution >= 0.6 is 0 Å². The van der Waals surface area contributed by atoms with E-state index in [-0.39, 0.29) is 6.04 Å². The number of nitrogens with one attached hydrogen (secondary N) is 1. The Bertz CT molecular complexity index is 316. The van der Waals surface area contributed by atoms with Crippen LogP contribution in [0.15, 0.2) is 4.52 Å². The predicted octanol–water partition coefficient (Wildman–Crippen LogP) is 0.608. The summed E-state index contributed by atoms with van der Waals surface area (Å²) in [6.07, 6.45) is 2.40. The normalized spacial score (nSPS) is 27.9. The fraction of sp³-hybridized carbons (Fsp3) is 0.778. The Morgan fingerprint density at radius 1 is 1.36 bits per heavy atom. The Balaban J connectivity index is 1.74. The van der Waals surface area contributed by atoms with Crippen molar-refractivity contribution < 1.29 is 9.26 Å². The quantitative estimate of drug-likeness (QED) is 0.749. The molecule has 0 radical (unpaired) electrons. The van der Waals surface area contributed by atoms with Crippen molar-refractivity contribution in [2.24, 2.45) is 0 Å². The monoisotopic (exact) mass is 195 g/mol. The van der Waals surface area contributed by atoms with Gasteiger partial charge in [-0.3, -0.25) is 0 Å². The van der Waals surface area contributed by atoms with Crippen LogP contribution in [0.3, 0.4) is 0 Å². The molecule has 2 fully saturated rings. The lowest BCUT2D eigenvalue weighted by molar-refractivity contribution is 0.0659. The minimum absolute atomic E-state index is 0.0868. The second-order valence-electron chi connectivity index (χ2n) is 3.85. The van der Waals surface area contributed by atoms with Crippen molar-refractivity contribution in [2.45, 2.75) is 24.8 Å². The van der Waals surface area contributed by atoms with E-state index in [0.717, 1.165) is 19.0 Å². The van der Waals surface area contributed by atoms with E-state index in [9.17, 15) is 0 Å². The molecule has 1 N–H and O–H groups in total. The lowest BCUT2D eigenvalue weighted by atomic mass is 10.3. The van der Waals surface area contributed by atoms with E-state index < -0.39 is 0 Å². The van der Waals surface area contributed by atoms with Crippen molar-refractivity contribution in [3.05, 3.63) is 11.7 Å². The molecule has 2 heterocycles. The standard InChI is InChI=1S/C9H13N3O2/c1-2-6(1)8-11-9(14-12-8)7-5-13-4-3-10-7/h6-7,10H,1-5H2. The Morgan fingerprint density at radius 3 is 3.00 bits per heavy atom. The first kappa shape index (κ1) is 8.38. The van der Waals surface area contributed by atoms with Crippen LogP contribution in [0.2, 0.25) is 0 Å². The highest BCUT2D eigenvalue weighted by Crippen LogP contribution is 2.38. The number of aromatic nitrogens is 2. The third kappa shape index (κ3) is 1.53. The molecule has 76 valence electrons. The van der Waals surface area contributed by atoms with E-state index in [2.05, 4.69) is 15.5 Å². The third-order valence-corrected chi connectivity index (χ3v) is 2.62. The van der Waals surface area contributed by atoms with Gasteiger partial charge in [0, 0.05) is 12.5 Å². The van der Waals surface area contributed by atoms with E-state index in [1.807, 2.05) is 0 Å². The average Bonchev–Trinajstić information content (AvgIpc) is 2.98. The molecule has 0 spiro atoms. The summed E-state index contributed by atoms with van der Waals surface area (Å²) in [6, 6.07) is 0.0868. The molecule has 1 atom stereocenters. The Kier molecular flexibility index (Phi) is 1.99. The third-order valence-electron chi connectivity index (χ3n) is 2.62. The summed E-state index contributed by atoms with van der Waals surface area (Å²) in [4.78, 5) is 4.38. The maximum atomic E-state index is 5.33. The molecule has 2 aliphatic rings. The van der Waals surface area contributed by atoms with Crippen LogP contribution in [-0.4, -0.2) is 29.9 Å². The summed E-state index contributed by atoms with van der Waals surface area (Å²) in [7, 11) is 0. The summed E-state index contributed by atoms with van der Waals surface area (Å²) in [5.74, 6) is 2.09. The summed E-state index contributed by atoms with van der Waals surface area (Å²) in [5, 5.41) is 7.26. The van der Waals surface area contributed by atoms with Gasteiger partial charge in [0.15, 0.2) is 5.82 Å². The van der Waals surface area contributed by atoms with E-state index in [0.29, 0.717) is 18.4 Å². The van der Waals surface area contributed by atoms with Crippen LogP contribution < -0.4 is 5.32 Å². The summed E-state index contributed by atoms with van der Waals surface area (Å²) < 4.78 is 10.5. The zero-order valence-electron chi connectivity index (χ0n) is 7.90. The molecule has 1 unspecified atom stereocenters. The number of nitrogens with zero attached hydrogens (tertiary/aromatic N) is 2. The predicted molar refractivity (Wildman–Crippen MR) is 47.8 cm³/mol. The highest BCUT2D eigenvalue weighted by Gasteiger charge is 2.30. The molecule has 3 rings (SSSR count). The van der Waals surface area contributed by atoms with Crippen LogP contribution in [0.5, 0.6) is 0 Å². The van der Waals surface area contributed by atoms with E-state index in [4.69, 9.17) is 9.26 Å². The molecule has 1 aromatic rings. The van der Waals surface area contributed by atoms with Crippen molar-refractivity contribution in [3.63, 3.8) is 0 Å². The van der Waals surface area contributed by atoms with Crippen LogP contribution in [0.4, 0.5) is 0 Å². The van der Waals surface area contributed by atoms with Gasteiger partial charge in [-0.15, -0.1) is 0 Å². The number of hydrogen-bond donors (Lipinski definition) is 1. The maximum Gasteiger partial charge on any atom is 0.246 e. The second kappa shape index (κ2) is 3.33. The Morgan fingerprint density at radius 2 is 2.29 bits per heavy atom. The molecule has 1 aromatic heterocycles. The zero-order valence-corrected chi connectivity index (χ0v) is 7.90. The molecule has 0 bridgehead atoms. The van der Waals surface area contributed by atoms with Gasteiger partial charge in [0.05, 0.1) is 13.2 Å². The minimum Gasteiger partial charge on any atom is -0.378 e. The van der Waals surface area contributed by atoms with Gasteiger partial charge in [0.2, 0.25) is 5.89 Å². The van der Waals surface area contributed by atoms with Gasteiger partial charge < -0.3 is 14.6 Å². The molecule has 0 amide bonds. The molecular formula is C9H13N3O2. The van der Waals surface area contributed by atoms with Gasteiger partial charge in [-0.2, -0.15) is 4.98 Å². The van der Waals surface area contributed by atoms with Crippen LogP contribution in [-0.2, 0) is 4.74 Å². The Labute approximate surface area is 81.8 Å². The average molecular weight is 195 g/mol. The molecule has 1 aliphatic heterocycles. The van der Waals surface area contributed by atoms with Gasteiger partial charge in [-0.1, -0.05) is 5.16 Å². The Hall–Kier alpha value is -0.940. The highest BCUT2D eigenvalue weighted by molar-refractivity contribution is 5.05. The number of hydrogen-bond acceptors (Lipinski definition) is 5. The number of ether oxygens (including phenoxy) is 1. The van der Waals surface area contributed by atoms with Crippen LogP contribution in [0, 0.1) is 0 Å². The largest absolute Gasteiger partial charge is 0.378 e. The van der Waals surface area contributed by atoms with Gasteiger partial charge >= 0.3 is 0 Å². The molecule has 0 aromatic carbocycles. The first-order chi connectivity index (χ1) is 6.93. The van der Waals surface area contributed by atoms with Gasteiger partial charge in [-0.25, -0.2) is 0 Å². The van der Waals surface area contributed by atoms with Gasteiger partial charge in [-0.05, 0) is 12.8 Å². The second-order valence-corrected chi connectivity index (χ2v) is 3.85. The number of morpholine rings is 1.